The molecule has 1 aromatic heterocycles. The zero-order valence-electron chi connectivity index (χ0n) is 12.2. The van der Waals surface area contributed by atoms with Crippen molar-refractivity contribution in [2.75, 3.05) is 19.0 Å². The second-order valence-electron chi connectivity index (χ2n) is 4.96. The van der Waals surface area contributed by atoms with Crippen molar-refractivity contribution >= 4 is 11.7 Å². The van der Waals surface area contributed by atoms with Gasteiger partial charge in [-0.1, -0.05) is 18.2 Å². The molecule has 2 rings (SSSR count). The Morgan fingerprint density at radius 1 is 1.24 bits per heavy atom. The highest BCUT2D eigenvalue weighted by atomic mass is 16.4. The van der Waals surface area contributed by atoms with Crippen LogP contribution in [0.3, 0.4) is 0 Å². The lowest BCUT2D eigenvalue weighted by Crippen LogP contribution is -2.28. The summed E-state index contributed by atoms with van der Waals surface area (Å²) in [6, 6.07) is 12.3. The number of nitrogens with zero attached hydrogens (tertiary/aromatic N) is 2. The minimum Gasteiger partial charge on any atom is -0.480 e. The maximum Gasteiger partial charge on any atom is 0.325 e. The summed E-state index contributed by atoms with van der Waals surface area (Å²) in [6.45, 7) is 0.410. The zero-order chi connectivity index (χ0) is 15.2. The van der Waals surface area contributed by atoms with Gasteiger partial charge in [0.25, 0.3) is 0 Å². The van der Waals surface area contributed by atoms with E-state index in [1.54, 1.807) is 6.20 Å². The highest BCUT2D eigenvalue weighted by molar-refractivity contribution is 5.75. The number of rotatable bonds is 6. The fourth-order valence-electron chi connectivity index (χ4n) is 2.02. The van der Waals surface area contributed by atoms with E-state index in [0.29, 0.717) is 6.54 Å². The Balaban J connectivity index is 2.10. The maximum absolute atomic E-state index is 11.4. The summed E-state index contributed by atoms with van der Waals surface area (Å²) < 4.78 is 0. The van der Waals surface area contributed by atoms with Gasteiger partial charge in [0.1, 0.15) is 6.04 Å². The average molecular weight is 285 g/mol. The van der Waals surface area contributed by atoms with E-state index in [-0.39, 0.29) is 0 Å². The van der Waals surface area contributed by atoms with E-state index in [4.69, 9.17) is 0 Å². The topological polar surface area (TPSA) is 65.5 Å². The Morgan fingerprint density at radius 2 is 1.95 bits per heavy atom. The monoisotopic (exact) mass is 285 g/mol. The van der Waals surface area contributed by atoms with Crippen LogP contribution in [-0.4, -0.2) is 30.2 Å². The average Bonchev–Trinajstić information content (AvgIpc) is 2.48. The lowest BCUT2D eigenvalue weighted by Gasteiger charge is -2.17. The summed E-state index contributed by atoms with van der Waals surface area (Å²) in [4.78, 5) is 17.6. The highest BCUT2D eigenvalue weighted by Gasteiger charge is 2.19. The first kappa shape index (κ1) is 15.0. The van der Waals surface area contributed by atoms with Crippen LogP contribution in [0, 0.1) is 0 Å². The molecule has 0 amide bonds. The van der Waals surface area contributed by atoms with Crippen molar-refractivity contribution < 1.29 is 9.90 Å². The van der Waals surface area contributed by atoms with Gasteiger partial charge < -0.3 is 10.0 Å². The first-order valence-electron chi connectivity index (χ1n) is 6.71. The molecule has 2 N–H and O–H groups in total. The van der Waals surface area contributed by atoms with Crippen LogP contribution in [0.25, 0.3) is 0 Å². The van der Waals surface area contributed by atoms with E-state index in [1.807, 2.05) is 61.5 Å². The number of hydrogen-bond acceptors (Lipinski definition) is 4. The van der Waals surface area contributed by atoms with Gasteiger partial charge in [-0.3, -0.25) is 15.1 Å². The molecule has 2 aromatic rings. The van der Waals surface area contributed by atoms with E-state index < -0.39 is 12.0 Å². The second-order valence-corrected chi connectivity index (χ2v) is 4.96. The lowest BCUT2D eigenvalue weighted by molar-refractivity contribution is -0.139. The number of pyridine rings is 1. The Kier molecular flexibility index (Phi) is 4.90. The number of carboxylic acid groups (broad SMARTS) is 1. The molecule has 0 aliphatic rings. The van der Waals surface area contributed by atoms with Crippen LogP contribution < -0.4 is 10.2 Å². The van der Waals surface area contributed by atoms with Crippen molar-refractivity contribution in [3.05, 3.63) is 59.9 Å². The number of carbonyl (C=O) groups is 1. The molecule has 1 atom stereocenters. The summed E-state index contributed by atoms with van der Waals surface area (Å²) in [6.07, 6.45) is 1.69. The third-order valence-corrected chi connectivity index (χ3v) is 3.20. The number of nitrogens with one attached hydrogen (secondary N) is 1. The van der Waals surface area contributed by atoms with Crippen molar-refractivity contribution in [1.29, 1.82) is 0 Å². The summed E-state index contributed by atoms with van der Waals surface area (Å²) in [5.41, 5.74) is 2.57. The fraction of sp³-hybridized carbons (Fsp3) is 0.250. The molecule has 110 valence electrons. The molecule has 0 saturated carbocycles. The van der Waals surface area contributed by atoms with Gasteiger partial charge in [-0.05, 0) is 29.8 Å². The van der Waals surface area contributed by atoms with Gasteiger partial charge in [0.15, 0.2) is 0 Å². The fourth-order valence-corrected chi connectivity index (χ4v) is 2.02. The Morgan fingerprint density at radius 3 is 2.48 bits per heavy atom. The molecule has 5 heteroatoms. The molecule has 21 heavy (non-hydrogen) atoms. The van der Waals surface area contributed by atoms with Gasteiger partial charge in [-0.2, -0.15) is 0 Å². The van der Waals surface area contributed by atoms with Gasteiger partial charge in [-0.15, -0.1) is 0 Å². The minimum atomic E-state index is -0.900. The van der Waals surface area contributed by atoms with Crippen LogP contribution in [0.1, 0.15) is 17.3 Å². The van der Waals surface area contributed by atoms with Crippen molar-refractivity contribution in [3.63, 3.8) is 0 Å². The van der Waals surface area contributed by atoms with Crippen LogP contribution in [0.4, 0.5) is 5.69 Å². The van der Waals surface area contributed by atoms with Crippen molar-refractivity contribution in [2.24, 2.45) is 0 Å². The van der Waals surface area contributed by atoms with Crippen LogP contribution in [0.5, 0.6) is 0 Å². The predicted molar refractivity (Wildman–Crippen MR) is 82.2 cm³/mol. The minimum absolute atomic E-state index is 0.410. The van der Waals surface area contributed by atoms with Crippen LogP contribution in [0.2, 0.25) is 0 Å². The Hall–Kier alpha value is -2.40. The van der Waals surface area contributed by atoms with Gasteiger partial charge in [0.05, 0.1) is 5.69 Å². The van der Waals surface area contributed by atoms with E-state index in [9.17, 15) is 9.90 Å². The number of aromatic nitrogens is 1. The third-order valence-electron chi connectivity index (χ3n) is 3.20. The third kappa shape index (κ3) is 4.03. The molecule has 1 unspecified atom stereocenters. The molecule has 0 bridgehead atoms. The zero-order valence-corrected chi connectivity index (χ0v) is 12.2. The predicted octanol–water partition coefficient (Wildman–Crippen LogP) is 2.06. The molecule has 1 heterocycles. The normalized spacial score (nSPS) is 11.9. The molecule has 5 nitrogen and oxygen atoms in total. The van der Waals surface area contributed by atoms with E-state index in [1.165, 1.54) is 0 Å². The van der Waals surface area contributed by atoms with Gasteiger partial charge >= 0.3 is 5.97 Å². The number of anilines is 1. The van der Waals surface area contributed by atoms with E-state index >= 15 is 0 Å². The first-order chi connectivity index (χ1) is 10.1. The molecule has 0 aliphatic carbocycles. The SMILES string of the molecule is CN(C)c1ccc(C(NCc2ccccn2)C(=O)O)cc1. The van der Waals surface area contributed by atoms with Crippen LogP contribution in [-0.2, 0) is 11.3 Å². The standard InChI is InChI=1S/C16H19N3O2/c1-19(2)14-8-6-12(7-9-14)15(16(20)21)18-11-13-5-3-4-10-17-13/h3-10,15,18H,11H2,1-2H3,(H,20,21). The maximum atomic E-state index is 11.4. The van der Waals surface area contributed by atoms with Gasteiger partial charge in [-0.25, -0.2) is 0 Å². The summed E-state index contributed by atoms with van der Waals surface area (Å²) >= 11 is 0. The summed E-state index contributed by atoms with van der Waals surface area (Å²) in [5, 5.41) is 12.4. The van der Waals surface area contributed by atoms with Crippen molar-refractivity contribution in [1.82, 2.24) is 10.3 Å². The number of benzene rings is 1. The number of carboxylic acids is 1. The molecule has 0 fully saturated rings. The molecule has 0 spiro atoms. The molecular weight excluding hydrogens is 266 g/mol. The molecule has 0 aliphatic heterocycles. The molecule has 0 saturated heterocycles. The van der Waals surface area contributed by atoms with E-state index in [2.05, 4.69) is 10.3 Å². The molecule has 0 radical (unpaired) electrons. The summed E-state index contributed by atoms with van der Waals surface area (Å²) in [5.74, 6) is -0.900. The molecule has 1 aromatic carbocycles. The smallest absolute Gasteiger partial charge is 0.325 e. The lowest BCUT2D eigenvalue weighted by atomic mass is 10.1. The largest absolute Gasteiger partial charge is 0.480 e. The quantitative estimate of drug-likeness (QED) is 0.850. The van der Waals surface area contributed by atoms with Gasteiger partial charge in [0, 0.05) is 32.5 Å². The van der Waals surface area contributed by atoms with Crippen LogP contribution in [0.15, 0.2) is 48.7 Å². The van der Waals surface area contributed by atoms with E-state index in [0.717, 1.165) is 16.9 Å². The van der Waals surface area contributed by atoms with Crippen molar-refractivity contribution in [3.8, 4) is 0 Å². The van der Waals surface area contributed by atoms with Crippen molar-refractivity contribution in [2.45, 2.75) is 12.6 Å². The number of aliphatic carboxylic acids is 1. The highest BCUT2D eigenvalue weighted by Crippen LogP contribution is 2.18. The Bertz CT molecular complexity index is 582. The second kappa shape index (κ2) is 6.85. The number of hydrogen-bond donors (Lipinski definition) is 2. The summed E-state index contributed by atoms with van der Waals surface area (Å²) in [7, 11) is 3.89. The first-order valence-corrected chi connectivity index (χ1v) is 6.71. The molecular formula is C16H19N3O2. The Labute approximate surface area is 124 Å². The van der Waals surface area contributed by atoms with Gasteiger partial charge in [0.2, 0.25) is 0 Å². The van der Waals surface area contributed by atoms with Crippen LogP contribution >= 0.6 is 0 Å².